The van der Waals surface area contributed by atoms with Gasteiger partial charge in [-0.05, 0) is 68.2 Å². The molecule has 2 unspecified atom stereocenters. The number of benzene rings is 1. The summed E-state index contributed by atoms with van der Waals surface area (Å²) in [6.45, 7) is 7.35. The first-order chi connectivity index (χ1) is 18.5. The van der Waals surface area contributed by atoms with E-state index in [0.717, 1.165) is 38.0 Å². The zero-order valence-electron chi connectivity index (χ0n) is 22.8. The maximum absolute atomic E-state index is 13.7. The van der Waals surface area contributed by atoms with Crippen molar-refractivity contribution in [3.05, 3.63) is 24.3 Å². The summed E-state index contributed by atoms with van der Waals surface area (Å²) < 4.78 is 25.5. The molecule has 4 N–H and O–H groups in total. The number of hydrogen-bond acceptors (Lipinski definition) is 8. The molecule has 0 radical (unpaired) electrons. The number of likely N-dealkylation sites (tertiary alicyclic amines) is 2. The summed E-state index contributed by atoms with van der Waals surface area (Å²) in [6.07, 6.45) is 2.36. The molecule has 12 heteroatoms. The van der Waals surface area contributed by atoms with Crippen molar-refractivity contribution in [1.29, 1.82) is 0 Å². The first-order valence-electron chi connectivity index (χ1n) is 13.8. The maximum atomic E-state index is 13.7. The van der Waals surface area contributed by atoms with Gasteiger partial charge in [-0.15, -0.1) is 0 Å². The van der Waals surface area contributed by atoms with Crippen LogP contribution in [0.5, 0.6) is 0 Å². The van der Waals surface area contributed by atoms with Crippen molar-refractivity contribution in [2.45, 2.75) is 55.6 Å². The number of hydrogen-bond donors (Lipinski definition) is 3. The lowest BCUT2D eigenvalue weighted by atomic mass is 9.89. The number of carbonyl (C=O) groups excluding carboxylic acids is 3. The van der Waals surface area contributed by atoms with Crippen LogP contribution >= 0.6 is 0 Å². The quantitative estimate of drug-likeness (QED) is 0.342. The molecule has 4 rings (SSSR count). The van der Waals surface area contributed by atoms with Crippen molar-refractivity contribution in [2.75, 3.05) is 50.7 Å². The van der Waals surface area contributed by atoms with Gasteiger partial charge in [0.2, 0.25) is 11.8 Å². The van der Waals surface area contributed by atoms with Gasteiger partial charge < -0.3 is 20.4 Å². The van der Waals surface area contributed by atoms with Crippen molar-refractivity contribution >= 4 is 33.2 Å². The van der Waals surface area contributed by atoms with Crippen LogP contribution < -0.4 is 16.1 Å². The van der Waals surface area contributed by atoms with Crippen molar-refractivity contribution in [1.82, 2.24) is 15.3 Å². The van der Waals surface area contributed by atoms with Gasteiger partial charge in [0, 0.05) is 50.9 Å². The van der Waals surface area contributed by atoms with Gasteiger partial charge in [0.15, 0.2) is 14.6 Å². The number of nitrogens with zero attached hydrogens (tertiary/aromatic N) is 3. The molecule has 3 aliphatic heterocycles. The van der Waals surface area contributed by atoms with Crippen molar-refractivity contribution in [2.24, 2.45) is 23.5 Å². The van der Waals surface area contributed by atoms with E-state index in [0.29, 0.717) is 24.9 Å². The van der Waals surface area contributed by atoms with Crippen LogP contribution in [-0.2, 0) is 24.2 Å². The lowest BCUT2D eigenvalue weighted by Crippen LogP contribution is -2.58. The molecule has 3 heterocycles. The Balaban J connectivity index is 1.42. The molecular weight excluding hydrogens is 522 g/mol. The number of carbonyl (C=O) groups is 3. The Labute approximate surface area is 230 Å². The Kier molecular flexibility index (Phi) is 8.87. The zero-order chi connectivity index (χ0) is 28.4. The predicted molar refractivity (Wildman–Crippen MR) is 146 cm³/mol. The first-order valence-corrected chi connectivity index (χ1v) is 15.3. The molecule has 0 saturated carbocycles. The van der Waals surface area contributed by atoms with Crippen molar-refractivity contribution in [3.63, 3.8) is 0 Å². The number of nitrogens with one attached hydrogen (secondary N) is 1. The first kappa shape index (κ1) is 29.3. The average Bonchev–Trinajstić information content (AvgIpc) is 2.95. The summed E-state index contributed by atoms with van der Waals surface area (Å²) in [6, 6.07) is 6.42. The number of nitrogens with two attached hydrogens (primary N) is 1. The Morgan fingerprint density at radius 2 is 1.54 bits per heavy atom. The number of amides is 3. The van der Waals surface area contributed by atoms with Crippen LogP contribution in [0, 0.1) is 17.8 Å². The van der Waals surface area contributed by atoms with Crippen molar-refractivity contribution < 1.29 is 28.0 Å². The Bertz CT molecular complexity index is 1150. The number of anilines is 1. The monoisotopic (exact) mass is 563 g/mol. The fraction of sp³-hybridized carbons (Fsp3) is 0.667. The normalized spacial score (nSPS) is 24.4. The average molecular weight is 564 g/mol. The van der Waals surface area contributed by atoms with Gasteiger partial charge in [-0.2, -0.15) is 0 Å². The molecular formula is C27H41N5O6S. The number of rotatable bonds is 6. The summed E-state index contributed by atoms with van der Waals surface area (Å²) in [5, 5.41) is 9.37. The van der Waals surface area contributed by atoms with Crippen LogP contribution in [0.25, 0.3) is 0 Å². The summed E-state index contributed by atoms with van der Waals surface area (Å²) in [5.74, 6) is -0.0170. The summed E-state index contributed by atoms with van der Waals surface area (Å²) >= 11 is 0. The fourth-order valence-electron chi connectivity index (χ4n) is 6.51. The predicted octanol–water partition coefficient (Wildman–Crippen LogP) is 1.01. The third-order valence-corrected chi connectivity index (χ3v) is 11.2. The van der Waals surface area contributed by atoms with Crippen molar-refractivity contribution in [3.8, 4) is 0 Å². The second kappa shape index (κ2) is 11.8. The van der Waals surface area contributed by atoms with Gasteiger partial charge >= 0.3 is 0 Å². The fourth-order valence-corrected chi connectivity index (χ4v) is 8.47. The highest BCUT2D eigenvalue weighted by atomic mass is 32.2. The molecule has 1 aromatic carbocycles. The molecule has 0 aliphatic carbocycles. The molecule has 1 aromatic rings. The van der Waals surface area contributed by atoms with E-state index in [1.807, 2.05) is 4.90 Å². The highest BCUT2D eigenvalue weighted by molar-refractivity contribution is 7.93. The molecule has 39 heavy (non-hydrogen) atoms. The lowest BCUT2D eigenvalue weighted by Gasteiger charge is -2.40. The Morgan fingerprint density at radius 3 is 2.05 bits per heavy atom. The molecule has 0 bridgehead atoms. The summed E-state index contributed by atoms with van der Waals surface area (Å²) in [7, 11) is -4.19. The SMILES string of the molecule is CC1CC(C)CN(C(=O)C2CCN(c3ccc(S(=O)(=O)C4(C(=O)NO)CCN(C(=O)CN)CC4)cc3)CC2)C1. The van der Waals surface area contributed by atoms with Crippen LogP contribution in [0.3, 0.4) is 0 Å². The topological polar surface area (TPSA) is 153 Å². The molecule has 0 aromatic heterocycles. The number of hydroxylamine groups is 1. The third kappa shape index (κ3) is 5.78. The lowest BCUT2D eigenvalue weighted by molar-refractivity contribution is -0.139. The number of piperidine rings is 3. The highest BCUT2D eigenvalue weighted by Gasteiger charge is 2.53. The summed E-state index contributed by atoms with van der Waals surface area (Å²) in [5.41, 5.74) is 7.80. The van der Waals surface area contributed by atoms with E-state index in [-0.39, 0.29) is 55.1 Å². The smallest absolute Gasteiger partial charge is 0.265 e. The van der Waals surface area contributed by atoms with Crippen LogP contribution in [0.1, 0.15) is 46.0 Å². The molecule has 3 amide bonds. The van der Waals surface area contributed by atoms with Gasteiger partial charge in [-0.25, -0.2) is 13.9 Å². The molecule has 216 valence electrons. The van der Waals surface area contributed by atoms with Gasteiger partial charge in [-0.3, -0.25) is 19.6 Å². The van der Waals surface area contributed by atoms with Crippen LogP contribution in [0.2, 0.25) is 0 Å². The van der Waals surface area contributed by atoms with E-state index in [2.05, 4.69) is 18.7 Å². The zero-order valence-corrected chi connectivity index (χ0v) is 23.7. The van der Waals surface area contributed by atoms with Gasteiger partial charge in [0.25, 0.3) is 5.91 Å². The van der Waals surface area contributed by atoms with Gasteiger partial charge in [0.1, 0.15) is 0 Å². The van der Waals surface area contributed by atoms with Gasteiger partial charge in [-0.1, -0.05) is 13.8 Å². The van der Waals surface area contributed by atoms with Gasteiger partial charge in [0.05, 0.1) is 11.4 Å². The summed E-state index contributed by atoms with van der Waals surface area (Å²) in [4.78, 5) is 43.4. The Morgan fingerprint density at radius 1 is 0.974 bits per heavy atom. The van der Waals surface area contributed by atoms with E-state index < -0.39 is 20.5 Å². The molecule has 3 aliphatic rings. The Hall–Kier alpha value is -2.70. The molecule has 2 atom stereocenters. The largest absolute Gasteiger partial charge is 0.371 e. The third-order valence-electron chi connectivity index (χ3n) is 8.67. The standard InChI is InChI=1S/C27H41N5O6S/c1-19-15-20(2)18-32(17-19)25(34)21-7-11-30(12-8-21)22-3-5-23(6-4-22)39(37,38)27(26(35)29-36)9-13-31(14-10-27)24(33)16-28/h3-6,19-21,36H,7-18,28H2,1-2H3,(H,29,35). The van der Waals surface area contributed by atoms with Crippen LogP contribution in [0.4, 0.5) is 5.69 Å². The second-order valence-corrected chi connectivity index (χ2v) is 13.7. The molecule has 3 saturated heterocycles. The minimum Gasteiger partial charge on any atom is -0.371 e. The van der Waals surface area contributed by atoms with Crippen LogP contribution in [-0.4, -0.2) is 91.7 Å². The molecule has 0 spiro atoms. The second-order valence-electron chi connectivity index (χ2n) is 11.5. The van der Waals surface area contributed by atoms with E-state index >= 15 is 0 Å². The van der Waals surface area contributed by atoms with Crippen LogP contribution in [0.15, 0.2) is 29.2 Å². The minimum atomic E-state index is -4.19. The molecule has 3 fully saturated rings. The van der Waals surface area contributed by atoms with E-state index in [9.17, 15) is 28.0 Å². The van der Waals surface area contributed by atoms with E-state index in [1.165, 1.54) is 22.5 Å². The highest BCUT2D eigenvalue weighted by Crippen LogP contribution is 2.37. The maximum Gasteiger partial charge on any atom is 0.265 e. The van der Waals surface area contributed by atoms with E-state index in [1.54, 1.807) is 12.1 Å². The minimum absolute atomic E-state index is 0.00673. The molecule has 11 nitrogen and oxygen atoms in total. The van der Waals surface area contributed by atoms with E-state index in [4.69, 9.17) is 5.73 Å². The number of sulfone groups is 1.